The first-order valence-electron chi connectivity index (χ1n) is 7.98. The number of guanidine groups is 1. The van der Waals surface area contributed by atoms with Crippen molar-refractivity contribution >= 4 is 17.6 Å². The highest BCUT2D eigenvalue weighted by Gasteiger charge is 2.05. The first kappa shape index (κ1) is 18.4. The Balaban J connectivity index is 1.74. The number of hydrogen-bond donors (Lipinski definition) is 3. The SMILES string of the molecule is CN=C(NCCc1ccc(F)cc1C)NCC(=O)Nc1cccnc1. The summed E-state index contributed by atoms with van der Waals surface area (Å²) in [5, 5.41) is 8.81. The third-order valence-corrected chi connectivity index (χ3v) is 3.58. The molecule has 0 unspecified atom stereocenters. The third-order valence-electron chi connectivity index (χ3n) is 3.58. The average Bonchev–Trinajstić information content (AvgIpc) is 2.60. The number of nitrogens with zero attached hydrogens (tertiary/aromatic N) is 2. The molecule has 0 aliphatic rings. The number of pyridine rings is 1. The molecular weight excluding hydrogens is 321 g/mol. The lowest BCUT2D eigenvalue weighted by Crippen LogP contribution is -2.42. The number of aromatic nitrogens is 1. The van der Waals surface area contributed by atoms with Crippen LogP contribution in [0.15, 0.2) is 47.7 Å². The molecule has 0 saturated heterocycles. The van der Waals surface area contributed by atoms with Crippen LogP contribution in [-0.2, 0) is 11.2 Å². The molecular formula is C18H22FN5O. The van der Waals surface area contributed by atoms with E-state index < -0.39 is 0 Å². The van der Waals surface area contributed by atoms with Crippen LogP contribution in [0.2, 0.25) is 0 Å². The van der Waals surface area contributed by atoms with E-state index in [1.807, 2.05) is 6.92 Å². The molecule has 2 rings (SSSR count). The zero-order chi connectivity index (χ0) is 18.1. The molecule has 0 fully saturated rings. The summed E-state index contributed by atoms with van der Waals surface area (Å²) < 4.78 is 13.1. The minimum absolute atomic E-state index is 0.0874. The molecule has 0 bridgehead atoms. The second kappa shape index (κ2) is 9.36. The molecule has 0 aliphatic carbocycles. The van der Waals surface area contributed by atoms with E-state index in [9.17, 15) is 9.18 Å². The molecule has 2 aromatic rings. The summed E-state index contributed by atoms with van der Waals surface area (Å²) in [6.07, 6.45) is 3.95. The van der Waals surface area contributed by atoms with Crippen LogP contribution in [0.4, 0.5) is 10.1 Å². The van der Waals surface area contributed by atoms with Gasteiger partial charge in [0.2, 0.25) is 5.91 Å². The Hall–Kier alpha value is -2.96. The van der Waals surface area contributed by atoms with Gasteiger partial charge in [0.1, 0.15) is 5.82 Å². The van der Waals surface area contributed by atoms with Crippen LogP contribution in [-0.4, -0.2) is 37.0 Å². The number of nitrogens with one attached hydrogen (secondary N) is 3. The number of amides is 1. The van der Waals surface area contributed by atoms with Crippen LogP contribution in [0, 0.1) is 12.7 Å². The number of carbonyl (C=O) groups is 1. The van der Waals surface area contributed by atoms with Crippen molar-refractivity contribution < 1.29 is 9.18 Å². The standard InChI is InChI=1S/C18H22FN5O/c1-13-10-15(19)6-5-14(13)7-9-22-18(20-2)23-12-17(25)24-16-4-3-8-21-11-16/h3-6,8,10-11H,7,9,12H2,1-2H3,(H,24,25)(H2,20,22,23). The van der Waals surface area contributed by atoms with E-state index in [4.69, 9.17) is 0 Å². The molecule has 0 saturated carbocycles. The van der Waals surface area contributed by atoms with Gasteiger partial charge in [-0.2, -0.15) is 0 Å². The zero-order valence-electron chi connectivity index (χ0n) is 14.3. The van der Waals surface area contributed by atoms with Crippen molar-refractivity contribution in [1.82, 2.24) is 15.6 Å². The number of benzene rings is 1. The number of anilines is 1. The Morgan fingerprint density at radius 3 is 2.80 bits per heavy atom. The lowest BCUT2D eigenvalue weighted by atomic mass is 10.1. The molecule has 0 radical (unpaired) electrons. The molecule has 1 amide bonds. The van der Waals surface area contributed by atoms with E-state index in [1.165, 1.54) is 12.1 Å². The molecule has 132 valence electrons. The van der Waals surface area contributed by atoms with E-state index >= 15 is 0 Å². The summed E-state index contributed by atoms with van der Waals surface area (Å²) in [5.41, 5.74) is 2.63. The lowest BCUT2D eigenvalue weighted by Gasteiger charge is -2.12. The quantitative estimate of drug-likeness (QED) is 0.553. The highest BCUT2D eigenvalue weighted by atomic mass is 19.1. The topological polar surface area (TPSA) is 78.4 Å². The molecule has 1 heterocycles. The summed E-state index contributed by atoms with van der Waals surface area (Å²) in [4.78, 5) is 19.9. The molecule has 6 nitrogen and oxygen atoms in total. The Kier molecular flexibility index (Phi) is 6.88. The van der Waals surface area contributed by atoms with Gasteiger partial charge < -0.3 is 16.0 Å². The van der Waals surface area contributed by atoms with Gasteiger partial charge in [-0.1, -0.05) is 6.07 Å². The predicted octanol–water partition coefficient (Wildman–Crippen LogP) is 1.88. The number of rotatable bonds is 6. The van der Waals surface area contributed by atoms with Gasteiger partial charge in [0.25, 0.3) is 0 Å². The van der Waals surface area contributed by atoms with E-state index in [2.05, 4.69) is 25.9 Å². The maximum absolute atomic E-state index is 13.1. The number of aryl methyl sites for hydroxylation is 1. The second-order valence-corrected chi connectivity index (χ2v) is 5.46. The summed E-state index contributed by atoms with van der Waals surface area (Å²) in [5.74, 6) is 0.109. The van der Waals surface area contributed by atoms with Crippen LogP contribution in [0.25, 0.3) is 0 Å². The van der Waals surface area contributed by atoms with Crippen molar-refractivity contribution in [1.29, 1.82) is 0 Å². The first-order chi connectivity index (χ1) is 12.1. The van der Waals surface area contributed by atoms with Crippen molar-refractivity contribution in [2.24, 2.45) is 4.99 Å². The number of hydrogen-bond acceptors (Lipinski definition) is 3. The Bertz CT molecular complexity index is 734. The lowest BCUT2D eigenvalue weighted by molar-refractivity contribution is -0.115. The predicted molar refractivity (Wildman–Crippen MR) is 97.1 cm³/mol. The minimum Gasteiger partial charge on any atom is -0.356 e. The summed E-state index contributed by atoms with van der Waals surface area (Å²) in [7, 11) is 1.64. The smallest absolute Gasteiger partial charge is 0.243 e. The van der Waals surface area contributed by atoms with Gasteiger partial charge in [0.05, 0.1) is 18.4 Å². The summed E-state index contributed by atoms with van der Waals surface area (Å²) in [6, 6.07) is 8.28. The number of aliphatic imine (C=N–C) groups is 1. The largest absolute Gasteiger partial charge is 0.356 e. The fraction of sp³-hybridized carbons (Fsp3) is 0.278. The normalized spacial score (nSPS) is 11.1. The van der Waals surface area contributed by atoms with Crippen LogP contribution in [0.5, 0.6) is 0 Å². The summed E-state index contributed by atoms with van der Waals surface area (Å²) >= 11 is 0. The highest BCUT2D eigenvalue weighted by Crippen LogP contribution is 2.10. The van der Waals surface area contributed by atoms with E-state index in [-0.39, 0.29) is 18.3 Å². The van der Waals surface area contributed by atoms with Crippen LogP contribution in [0.3, 0.4) is 0 Å². The molecule has 0 spiro atoms. The van der Waals surface area contributed by atoms with Crippen molar-refractivity contribution in [3.8, 4) is 0 Å². The fourth-order valence-electron chi connectivity index (χ4n) is 2.28. The zero-order valence-corrected chi connectivity index (χ0v) is 14.3. The highest BCUT2D eigenvalue weighted by molar-refractivity contribution is 5.94. The number of halogens is 1. The third kappa shape index (κ3) is 6.21. The molecule has 1 aromatic heterocycles. The van der Waals surface area contributed by atoms with Crippen LogP contribution < -0.4 is 16.0 Å². The molecule has 1 aromatic carbocycles. The molecule has 3 N–H and O–H groups in total. The van der Waals surface area contributed by atoms with Crippen molar-refractivity contribution in [2.45, 2.75) is 13.3 Å². The first-order valence-corrected chi connectivity index (χ1v) is 7.98. The van der Waals surface area contributed by atoms with E-state index in [0.29, 0.717) is 18.2 Å². The maximum Gasteiger partial charge on any atom is 0.243 e. The van der Waals surface area contributed by atoms with Gasteiger partial charge in [-0.15, -0.1) is 0 Å². The van der Waals surface area contributed by atoms with Crippen molar-refractivity contribution in [3.63, 3.8) is 0 Å². The molecule has 0 atom stereocenters. The van der Waals surface area contributed by atoms with Crippen LogP contribution in [0.1, 0.15) is 11.1 Å². The van der Waals surface area contributed by atoms with Gasteiger partial charge in [-0.3, -0.25) is 14.8 Å². The van der Waals surface area contributed by atoms with Gasteiger partial charge in [0.15, 0.2) is 5.96 Å². The molecule has 7 heteroatoms. The second-order valence-electron chi connectivity index (χ2n) is 5.46. The van der Waals surface area contributed by atoms with Crippen molar-refractivity contribution in [2.75, 3.05) is 25.5 Å². The average molecular weight is 343 g/mol. The molecule has 25 heavy (non-hydrogen) atoms. The number of carbonyl (C=O) groups excluding carboxylic acids is 1. The van der Waals surface area contributed by atoms with Gasteiger partial charge in [-0.25, -0.2) is 4.39 Å². The summed E-state index contributed by atoms with van der Waals surface area (Å²) in [6.45, 7) is 2.59. The van der Waals surface area contributed by atoms with Gasteiger partial charge >= 0.3 is 0 Å². The fourth-order valence-corrected chi connectivity index (χ4v) is 2.28. The van der Waals surface area contributed by atoms with E-state index in [0.717, 1.165) is 17.5 Å². The van der Waals surface area contributed by atoms with Crippen molar-refractivity contribution in [3.05, 3.63) is 59.7 Å². The van der Waals surface area contributed by atoms with Gasteiger partial charge in [0, 0.05) is 19.8 Å². The van der Waals surface area contributed by atoms with E-state index in [1.54, 1.807) is 37.6 Å². The Morgan fingerprint density at radius 2 is 2.12 bits per heavy atom. The molecule has 0 aliphatic heterocycles. The van der Waals surface area contributed by atoms with Crippen LogP contribution >= 0.6 is 0 Å². The Morgan fingerprint density at radius 1 is 1.28 bits per heavy atom. The monoisotopic (exact) mass is 343 g/mol. The Labute approximate surface area is 146 Å². The van der Waals surface area contributed by atoms with Gasteiger partial charge in [-0.05, 0) is 48.7 Å². The maximum atomic E-state index is 13.1. The minimum atomic E-state index is -0.230.